The second kappa shape index (κ2) is 9.41. The number of nitriles is 1. The van der Waals surface area contributed by atoms with Crippen molar-refractivity contribution in [3.05, 3.63) is 76.8 Å². The number of pyridine rings is 1. The highest BCUT2D eigenvalue weighted by Crippen LogP contribution is 2.26. The summed E-state index contributed by atoms with van der Waals surface area (Å²) < 4.78 is 0. The summed E-state index contributed by atoms with van der Waals surface area (Å²) >= 11 is 7.33. The molecule has 0 spiro atoms. The first kappa shape index (κ1) is 19.9. The second-order valence-electron chi connectivity index (χ2n) is 6.18. The van der Waals surface area contributed by atoms with E-state index in [2.05, 4.69) is 16.4 Å². The Labute approximate surface area is 173 Å². The van der Waals surface area contributed by atoms with Crippen LogP contribution in [0.25, 0.3) is 11.3 Å². The van der Waals surface area contributed by atoms with Crippen molar-refractivity contribution in [2.75, 3.05) is 11.1 Å². The average molecular weight is 408 g/mol. The van der Waals surface area contributed by atoms with Crippen molar-refractivity contribution in [3.8, 4) is 17.3 Å². The molecule has 0 atom stereocenters. The van der Waals surface area contributed by atoms with Gasteiger partial charge in [0.25, 0.3) is 0 Å². The predicted molar refractivity (Wildman–Crippen MR) is 115 cm³/mol. The van der Waals surface area contributed by atoms with E-state index in [9.17, 15) is 10.1 Å². The first-order valence-corrected chi connectivity index (χ1v) is 10.1. The van der Waals surface area contributed by atoms with Gasteiger partial charge in [-0.1, -0.05) is 47.5 Å². The number of hydrogen-bond acceptors (Lipinski definition) is 4. The van der Waals surface area contributed by atoms with Crippen LogP contribution >= 0.6 is 23.4 Å². The van der Waals surface area contributed by atoms with Crippen LogP contribution in [0.4, 0.5) is 5.69 Å². The van der Waals surface area contributed by atoms with Gasteiger partial charge in [0.2, 0.25) is 5.91 Å². The number of nitrogens with one attached hydrogen (secondary N) is 1. The van der Waals surface area contributed by atoms with Crippen molar-refractivity contribution in [1.82, 2.24) is 4.98 Å². The number of aromatic nitrogens is 1. The summed E-state index contributed by atoms with van der Waals surface area (Å²) in [5.74, 6) is 0.411. The third kappa shape index (κ3) is 5.35. The fraction of sp³-hybridized carbons (Fsp3) is 0.136. The molecule has 28 heavy (non-hydrogen) atoms. The van der Waals surface area contributed by atoms with Gasteiger partial charge in [-0.05, 0) is 37.3 Å². The number of benzene rings is 2. The number of anilines is 1. The van der Waals surface area contributed by atoms with Crippen LogP contribution in [-0.4, -0.2) is 16.6 Å². The normalized spacial score (nSPS) is 10.3. The van der Waals surface area contributed by atoms with Crippen LogP contribution < -0.4 is 5.32 Å². The van der Waals surface area contributed by atoms with Gasteiger partial charge in [0, 0.05) is 28.4 Å². The molecule has 0 aliphatic carbocycles. The molecule has 0 fully saturated rings. The Morgan fingerprint density at radius 1 is 1.18 bits per heavy atom. The number of aryl methyl sites for hydroxylation is 1. The van der Waals surface area contributed by atoms with E-state index in [4.69, 9.17) is 11.6 Å². The summed E-state index contributed by atoms with van der Waals surface area (Å²) in [5, 5.41) is 13.4. The molecule has 2 aromatic carbocycles. The standard InChI is InChI=1S/C22H18ClN3OS/c1-15-5-7-16(8-6-15)20-10-9-17(14-24)22(26-20)28-12-11-21(27)25-19-4-2-3-18(23)13-19/h2-10,13H,11-12H2,1H3,(H,25,27). The Kier molecular flexibility index (Phi) is 6.70. The van der Waals surface area contributed by atoms with Gasteiger partial charge in [0.1, 0.15) is 11.1 Å². The van der Waals surface area contributed by atoms with Gasteiger partial charge in [-0.25, -0.2) is 4.98 Å². The van der Waals surface area contributed by atoms with Gasteiger partial charge in [0.05, 0.1) is 11.3 Å². The van der Waals surface area contributed by atoms with Crippen molar-refractivity contribution in [1.29, 1.82) is 5.26 Å². The fourth-order valence-electron chi connectivity index (χ4n) is 2.55. The Bertz CT molecular complexity index is 1030. The molecule has 0 aliphatic rings. The largest absolute Gasteiger partial charge is 0.326 e. The van der Waals surface area contributed by atoms with Crippen molar-refractivity contribution in [2.24, 2.45) is 0 Å². The molecule has 6 heteroatoms. The van der Waals surface area contributed by atoms with E-state index in [0.29, 0.717) is 33.5 Å². The molecular weight excluding hydrogens is 390 g/mol. The monoisotopic (exact) mass is 407 g/mol. The van der Waals surface area contributed by atoms with Crippen LogP contribution in [0.3, 0.4) is 0 Å². The highest BCUT2D eigenvalue weighted by molar-refractivity contribution is 7.99. The van der Waals surface area contributed by atoms with Gasteiger partial charge in [-0.2, -0.15) is 5.26 Å². The molecule has 0 bridgehead atoms. The number of nitrogens with zero attached hydrogens (tertiary/aromatic N) is 2. The van der Waals surface area contributed by atoms with Crippen LogP contribution in [-0.2, 0) is 4.79 Å². The first-order chi connectivity index (χ1) is 13.5. The lowest BCUT2D eigenvalue weighted by Gasteiger charge is -2.08. The van der Waals surface area contributed by atoms with E-state index in [1.165, 1.54) is 17.3 Å². The van der Waals surface area contributed by atoms with Crippen LogP contribution in [0.1, 0.15) is 17.5 Å². The lowest BCUT2D eigenvalue weighted by molar-refractivity contribution is -0.115. The highest BCUT2D eigenvalue weighted by atomic mass is 35.5. The number of hydrogen-bond donors (Lipinski definition) is 1. The lowest BCUT2D eigenvalue weighted by atomic mass is 10.1. The number of carbonyl (C=O) groups is 1. The molecule has 1 aromatic heterocycles. The van der Waals surface area contributed by atoms with E-state index in [1.807, 2.05) is 37.3 Å². The van der Waals surface area contributed by atoms with Crippen molar-refractivity contribution in [3.63, 3.8) is 0 Å². The second-order valence-corrected chi connectivity index (χ2v) is 7.70. The zero-order chi connectivity index (χ0) is 19.9. The molecule has 0 saturated carbocycles. The predicted octanol–water partition coefficient (Wildman–Crippen LogP) is 5.70. The molecule has 0 saturated heterocycles. The lowest BCUT2D eigenvalue weighted by Crippen LogP contribution is -2.12. The van der Waals surface area contributed by atoms with Crippen LogP contribution in [0.15, 0.2) is 65.7 Å². The first-order valence-electron chi connectivity index (χ1n) is 8.71. The highest BCUT2D eigenvalue weighted by Gasteiger charge is 2.10. The van der Waals surface area contributed by atoms with Gasteiger partial charge in [-0.3, -0.25) is 4.79 Å². The SMILES string of the molecule is Cc1ccc(-c2ccc(C#N)c(SCCC(=O)Nc3cccc(Cl)c3)n2)cc1. The third-order valence-electron chi connectivity index (χ3n) is 4.00. The molecule has 3 aromatic rings. The molecule has 1 amide bonds. The molecule has 4 nitrogen and oxygen atoms in total. The minimum Gasteiger partial charge on any atom is -0.326 e. The summed E-state index contributed by atoms with van der Waals surface area (Å²) in [7, 11) is 0. The Hall–Kier alpha value is -2.81. The Morgan fingerprint density at radius 3 is 2.68 bits per heavy atom. The maximum absolute atomic E-state index is 12.1. The molecule has 1 N–H and O–H groups in total. The van der Waals surface area contributed by atoms with Crippen molar-refractivity contribution < 1.29 is 4.79 Å². The number of halogens is 1. The summed E-state index contributed by atoms with van der Waals surface area (Å²) in [6.07, 6.45) is 0.304. The average Bonchev–Trinajstić information content (AvgIpc) is 2.68. The van der Waals surface area contributed by atoms with Gasteiger partial charge >= 0.3 is 0 Å². The topological polar surface area (TPSA) is 65.8 Å². The number of amides is 1. The number of thioether (sulfide) groups is 1. The van der Waals surface area contributed by atoms with Crippen LogP contribution in [0.5, 0.6) is 0 Å². The minimum absolute atomic E-state index is 0.108. The zero-order valence-electron chi connectivity index (χ0n) is 15.3. The van der Waals surface area contributed by atoms with E-state index < -0.39 is 0 Å². The van der Waals surface area contributed by atoms with Gasteiger partial charge in [0.15, 0.2) is 0 Å². The smallest absolute Gasteiger partial charge is 0.225 e. The van der Waals surface area contributed by atoms with Gasteiger partial charge < -0.3 is 5.32 Å². The quantitative estimate of drug-likeness (QED) is 0.532. The molecule has 0 radical (unpaired) electrons. The number of carbonyl (C=O) groups excluding carboxylic acids is 1. The molecule has 3 rings (SSSR count). The van der Waals surface area contributed by atoms with E-state index in [-0.39, 0.29) is 5.91 Å². The van der Waals surface area contributed by atoms with Crippen molar-refractivity contribution >= 4 is 35.0 Å². The third-order valence-corrected chi connectivity index (χ3v) is 5.23. The number of rotatable bonds is 6. The molecular formula is C22H18ClN3OS. The maximum Gasteiger partial charge on any atom is 0.225 e. The zero-order valence-corrected chi connectivity index (χ0v) is 16.8. The Morgan fingerprint density at radius 2 is 1.96 bits per heavy atom. The van der Waals surface area contributed by atoms with E-state index >= 15 is 0 Å². The van der Waals surface area contributed by atoms with E-state index in [1.54, 1.807) is 30.3 Å². The van der Waals surface area contributed by atoms with Crippen LogP contribution in [0.2, 0.25) is 5.02 Å². The molecule has 140 valence electrons. The summed E-state index contributed by atoms with van der Waals surface area (Å²) in [5.41, 5.74) is 4.16. The molecule has 0 aliphatic heterocycles. The molecule has 1 heterocycles. The van der Waals surface area contributed by atoms with Crippen molar-refractivity contribution in [2.45, 2.75) is 18.4 Å². The molecule has 0 unspecified atom stereocenters. The minimum atomic E-state index is -0.108. The Balaban J connectivity index is 1.64. The summed E-state index contributed by atoms with van der Waals surface area (Å²) in [6.45, 7) is 2.03. The van der Waals surface area contributed by atoms with E-state index in [0.717, 1.165) is 11.3 Å². The maximum atomic E-state index is 12.1. The van der Waals surface area contributed by atoms with Gasteiger partial charge in [-0.15, -0.1) is 11.8 Å². The summed E-state index contributed by atoms with van der Waals surface area (Å²) in [6, 6.07) is 20.9. The van der Waals surface area contributed by atoms with Crippen LogP contribution in [0, 0.1) is 18.3 Å². The summed E-state index contributed by atoms with van der Waals surface area (Å²) in [4.78, 5) is 16.8. The fourth-order valence-corrected chi connectivity index (χ4v) is 3.65.